The van der Waals surface area contributed by atoms with Crippen molar-refractivity contribution in [2.45, 2.75) is 75.6 Å². The molecule has 0 aromatic heterocycles. The van der Waals surface area contributed by atoms with Crippen molar-refractivity contribution >= 4 is 10.1 Å². The van der Waals surface area contributed by atoms with Crippen molar-refractivity contribution in [3.63, 3.8) is 0 Å². The summed E-state index contributed by atoms with van der Waals surface area (Å²) in [6, 6.07) is 6.63. The van der Waals surface area contributed by atoms with Crippen molar-refractivity contribution in [2.75, 3.05) is 0 Å². The minimum atomic E-state index is -3.86. The van der Waals surface area contributed by atoms with E-state index in [4.69, 9.17) is 4.18 Å². The molecule has 2 N–H and O–H groups in total. The molecule has 2 fully saturated rings. The van der Waals surface area contributed by atoms with Crippen molar-refractivity contribution in [1.29, 1.82) is 0 Å². The van der Waals surface area contributed by atoms with Crippen molar-refractivity contribution in [3.05, 3.63) is 29.8 Å². The first-order chi connectivity index (χ1) is 11.5. The normalized spacial score (nSPS) is 39.0. The zero-order valence-electron chi connectivity index (χ0n) is 15.1. The summed E-state index contributed by atoms with van der Waals surface area (Å²) in [4.78, 5) is 0.159. The van der Waals surface area contributed by atoms with Crippen molar-refractivity contribution in [2.24, 2.45) is 11.3 Å². The van der Waals surface area contributed by atoms with E-state index in [1.165, 1.54) is 0 Å². The fourth-order valence-corrected chi connectivity index (χ4v) is 5.86. The zero-order chi connectivity index (χ0) is 18.5. The molecule has 0 amide bonds. The highest BCUT2D eigenvalue weighted by Crippen LogP contribution is 2.55. The maximum atomic E-state index is 12.7. The molecule has 0 aliphatic heterocycles. The molecule has 5 nitrogen and oxygen atoms in total. The van der Waals surface area contributed by atoms with Crippen LogP contribution in [0.3, 0.4) is 0 Å². The second kappa shape index (κ2) is 6.34. The Morgan fingerprint density at radius 2 is 1.76 bits per heavy atom. The van der Waals surface area contributed by atoms with Gasteiger partial charge in [-0.2, -0.15) is 8.42 Å². The fourth-order valence-electron chi connectivity index (χ4n) is 4.66. The first kappa shape index (κ1) is 18.8. The van der Waals surface area contributed by atoms with Gasteiger partial charge in [0.15, 0.2) is 0 Å². The lowest BCUT2D eigenvalue weighted by molar-refractivity contribution is -0.173. The van der Waals surface area contributed by atoms with E-state index in [1.807, 2.05) is 13.8 Å². The van der Waals surface area contributed by atoms with Gasteiger partial charge in [0, 0.05) is 5.41 Å². The average molecular weight is 368 g/mol. The third-order valence-corrected chi connectivity index (χ3v) is 7.61. The van der Waals surface area contributed by atoms with Crippen LogP contribution < -0.4 is 0 Å². The highest BCUT2D eigenvalue weighted by Gasteiger charge is 2.56. The number of aryl methyl sites for hydroxylation is 1. The summed E-state index contributed by atoms with van der Waals surface area (Å²) in [6.45, 7) is 5.69. The van der Waals surface area contributed by atoms with Gasteiger partial charge >= 0.3 is 0 Å². The average Bonchev–Trinajstić information content (AvgIpc) is 2.53. The van der Waals surface area contributed by atoms with Crippen LogP contribution in [0.1, 0.15) is 51.5 Å². The van der Waals surface area contributed by atoms with E-state index in [9.17, 15) is 18.6 Å². The summed E-state index contributed by atoms with van der Waals surface area (Å²) in [7, 11) is -3.86. The van der Waals surface area contributed by atoms with Crippen LogP contribution in [-0.4, -0.2) is 36.4 Å². The molecular weight excluding hydrogens is 340 g/mol. The summed E-state index contributed by atoms with van der Waals surface area (Å²) in [6.07, 6.45) is 1.74. The molecule has 0 heterocycles. The molecule has 0 saturated heterocycles. The Labute approximate surface area is 150 Å². The predicted octanol–water partition coefficient (Wildman–Crippen LogP) is 2.78. The molecule has 0 bridgehead atoms. The zero-order valence-corrected chi connectivity index (χ0v) is 15.9. The largest absolute Gasteiger partial charge is 0.393 e. The van der Waals surface area contributed by atoms with Crippen LogP contribution in [0.15, 0.2) is 29.2 Å². The number of hydrogen-bond acceptors (Lipinski definition) is 5. The highest BCUT2D eigenvalue weighted by atomic mass is 32.2. The van der Waals surface area contributed by atoms with E-state index in [-0.39, 0.29) is 10.8 Å². The van der Waals surface area contributed by atoms with Gasteiger partial charge in [-0.25, -0.2) is 0 Å². The maximum Gasteiger partial charge on any atom is 0.297 e. The lowest BCUT2D eigenvalue weighted by Crippen LogP contribution is -2.58. The Balaban J connectivity index is 1.88. The van der Waals surface area contributed by atoms with Gasteiger partial charge in [-0.1, -0.05) is 24.6 Å². The first-order valence-electron chi connectivity index (χ1n) is 8.95. The van der Waals surface area contributed by atoms with E-state index in [1.54, 1.807) is 31.2 Å². The molecule has 0 spiro atoms. The van der Waals surface area contributed by atoms with Crippen molar-refractivity contribution in [3.8, 4) is 0 Å². The van der Waals surface area contributed by atoms with Gasteiger partial charge < -0.3 is 10.2 Å². The van der Waals surface area contributed by atoms with Gasteiger partial charge in [0.1, 0.15) is 0 Å². The van der Waals surface area contributed by atoms with E-state index in [0.717, 1.165) is 5.56 Å². The fraction of sp³-hybridized carbons (Fsp3) is 0.684. The Morgan fingerprint density at radius 3 is 2.40 bits per heavy atom. The van der Waals surface area contributed by atoms with Crippen LogP contribution in [0.4, 0.5) is 0 Å². The number of aliphatic hydroxyl groups is 2. The van der Waals surface area contributed by atoms with Gasteiger partial charge in [-0.05, 0) is 64.0 Å². The standard InChI is InChI=1S/C19H28O5S/c1-13-4-6-15(7-5-13)25(22,23)24-17-9-11-19(3,21)16-12-14(20)8-10-18(16,17)2/h4-7,14,16-17,20-21H,8-12H2,1-3H3/t14?,16-,17-,18-,19+/m0/s1. The van der Waals surface area contributed by atoms with E-state index in [2.05, 4.69) is 0 Å². The minimum Gasteiger partial charge on any atom is -0.393 e. The molecule has 2 aliphatic rings. The third kappa shape index (κ3) is 3.50. The molecule has 2 saturated carbocycles. The van der Waals surface area contributed by atoms with Crippen molar-refractivity contribution < 1.29 is 22.8 Å². The third-order valence-electron chi connectivity index (χ3n) is 6.27. The molecular formula is C19H28O5S. The SMILES string of the molecule is Cc1ccc(S(=O)(=O)O[C@H]2CC[C@@](C)(O)[C@H]3CC(O)CC[C@]23C)cc1. The van der Waals surface area contributed by atoms with Crippen molar-refractivity contribution in [1.82, 2.24) is 0 Å². The molecule has 0 radical (unpaired) electrons. The molecule has 5 atom stereocenters. The van der Waals surface area contributed by atoms with Gasteiger partial charge in [0.25, 0.3) is 10.1 Å². The topological polar surface area (TPSA) is 83.8 Å². The summed E-state index contributed by atoms with van der Waals surface area (Å²) >= 11 is 0. The van der Waals surface area contributed by atoms with Crippen LogP contribution in [-0.2, 0) is 14.3 Å². The maximum absolute atomic E-state index is 12.7. The van der Waals surface area contributed by atoms with Gasteiger partial charge in [-0.15, -0.1) is 0 Å². The molecule has 6 heteroatoms. The Morgan fingerprint density at radius 1 is 1.12 bits per heavy atom. The Kier molecular flexibility index (Phi) is 4.77. The molecule has 1 aromatic rings. The first-order valence-corrected chi connectivity index (χ1v) is 10.4. The van der Waals surface area contributed by atoms with Crippen LogP contribution >= 0.6 is 0 Å². The summed E-state index contributed by atoms with van der Waals surface area (Å²) in [5, 5.41) is 20.8. The van der Waals surface area contributed by atoms with Gasteiger partial charge in [0.05, 0.1) is 22.7 Å². The molecule has 140 valence electrons. The van der Waals surface area contributed by atoms with Crippen LogP contribution in [0.5, 0.6) is 0 Å². The van der Waals surface area contributed by atoms with Gasteiger partial charge in [0.2, 0.25) is 0 Å². The number of rotatable bonds is 3. The monoisotopic (exact) mass is 368 g/mol. The summed E-state index contributed by atoms with van der Waals surface area (Å²) < 4.78 is 31.1. The van der Waals surface area contributed by atoms with Gasteiger partial charge in [-0.3, -0.25) is 4.18 Å². The Hall–Kier alpha value is -0.950. The summed E-state index contributed by atoms with van der Waals surface area (Å²) in [5.41, 5.74) is -0.400. The van der Waals surface area contributed by atoms with Crippen LogP contribution in [0.25, 0.3) is 0 Å². The second-order valence-corrected chi connectivity index (χ2v) is 9.81. The smallest absolute Gasteiger partial charge is 0.297 e. The van der Waals surface area contributed by atoms with E-state index >= 15 is 0 Å². The molecule has 1 unspecified atom stereocenters. The predicted molar refractivity (Wildman–Crippen MR) is 94.6 cm³/mol. The molecule has 1 aromatic carbocycles. The minimum absolute atomic E-state index is 0.159. The van der Waals surface area contributed by atoms with E-state index < -0.39 is 33.3 Å². The number of fused-ring (bicyclic) bond motifs is 1. The molecule has 25 heavy (non-hydrogen) atoms. The van der Waals surface area contributed by atoms with E-state index in [0.29, 0.717) is 32.1 Å². The van der Waals surface area contributed by atoms with Crippen LogP contribution in [0.2, 0.25) is 0 Å². The quantitative estimate of drug-likeness (QED) is 0.802. The lowest BCUT2D eigenvalue weighted by atomic mass is 9.53. The number of hydrogen-bond donors (Lipinski definition) is 2. The van der Waals surface area contributed by atoms with Crippen LogP contribution in [0, 0.1) is 18.3 Å². The number of aliphatic hydroxyl groups excluding tert-OH is 1. The summed E-state index contributed by atoms with van der Waals surface area (Å²) in [5.74, 6) is -0.185. The second-order valence-electron chi connectivity index (χ2n) is 8.23. The number of benzene rings is 1. The molecule has 3 rings (SSSR count). The highest BCUT2D eigenvalue weighted by molar-refractivity contribution is 7.86. The molecule has 2 aliphatic carbocycles. The lowest BCUT2D eigenvalue weighted by Gasteiger charge is -2.56. The Bertz CT molecular complexity index is 725.